The third-order valence-electron chi connectivity index (χ3n) is 5.80. The van der Waals surface area contributed by atoms with Crippen molar-refractivity contribution >= 4 is 16.9 Å². The molecular formula is C23H21F2N5OS. The first-order chi connectivity index (χ1) is 15.2. The molecule has 6 nitrogen and oxygen atoms in total. The lowest BCUT2D eigenvalue weighted by Crippen LogP contribution is -2.38. The van der Waals surface area contributed by atoms with Gasteiger partial charge in [-0.15, -0.1) is 11.3 Å². The molecule has 1 aliphatic carbocycles. The van der Waals surface area contributed by atoms with Crippen LogP contribution in [0.2, 0.25) is 0 Å². The summed E-state index contributed by atoms with van der Waals surface area (Å²) in [5.74, 6) is -2.20. The van der Waals surface area contributed by atoms with Crippen molar-refractivity contribution in [3.05, 3.63) is 82.4 Å². The molecule has 3 atom stereocenters. The normalized spacial score (nSPS) is 20.9. The number of hydrogen-bond acceptors (Lipinski definition) is 6. The number of nitrogens with zero attached hydrogens (tertiary/aromatic N) is 5. The fourth-order valence-electron chi connectivity index (χ4n) is 3.69. The highest BCUT2D eigenvalue weighted by Gasteiger charge is 2.41. The second kappa shape index (κ2) is 8.37. The van der Waals surface area contributed by atoms with E-state index in [0.29, 0.717) is 11.4 Å². The van der Waals surface area contributed by atoms with E-state index >= 15 is 0 Å². The van der Waals surface area contributed by atoms with Crippen LogP contribution < -0.4 is 0 Å². The Morgan fingerprint density at radius 1 is 1.41 bits per heavy atom. The second-order valence-corrected chi connectivity index (χ2v) is 9.05. The Bertz CT molecular complexity index is 1230. The molecule has 0 fully saturated rings. The third kappa shape index (κ3) is 4.11. The molecule has 9 heteroatoms. The van der Waals surface area contributed by atoms with Gasteiger partial charge in [0.15, 0.2) is 0 Å². The average molecular weight is 454 g/mol. The Morgan fingerprint density at radius 3 is 2.84 bits per heavy atom. The molecule has 0 saturated heterocycles. The monoisotopic (exact) mass is 453 g/mol. The highest BCUT2D eigenvalue weighted by molar-refractivity contribution is 7.09. The summed E-state index contributed by atoms with van der Waals surface area (Å²) in [6.45, 7) is 3.53. The van der Waals surface area contributed by atoms with Gasteiger partial charge in [0.25, 0.3) is 0 Å². The van der Waals surface area contributed by atoms with Crippen LogP contribution >= 0.6 is 11.3 Å². The maximum Gasteiger partial charge on any atom is 0.137 e. The van der Waals surface area contributed by atoms with Crippen LogP contribution in [0, 0.1) is 28.4 Å². The van der Waals surface area contributed by atoms with Gasteiger partial charge in [0.1, 0.15) is 29.9 Å². The minimum Gasteiger partial charge on any atom is -0.382 e. The van der Waals surface area contributed by atoms with Gasteiger partial charge in [0.2, 0.25) is 0 Å². The first kappa shape index (κ1) is 22.0. The molecule has 1 aliphatic rings. The van der Waals surface area contributed by atoms with Crippen molar-refractivity contribution in [2.45, 2.75) is 38.3 Å². The van der Waals surface area contributed by atoms with Gasteiger partial charge in [0, 0.05) is 22.9 Å². The zero-order valence-electron chi connectivity index (χ0n) is 17.5. The summed E-state index contributed by atoms with van der Waals surface area (Å²) < 4.78 is 29.7. The summed E-state index contributed by atoms with van der Waals surface area (Å²) in [4.78, 5) is 8.58. The van der Waals surface area contributed by atoms with Crippen molar-refractivity contribution in [3.8, 4) is 6.07 Å². The van der Waals surface area contributed by atoms with Gasteiger partial charge in [-0.3, -0.25) is 0 Å². The highest BCUT2D eigenvalue weighted by atomic mass is 32.1. The van der Waals surface area contributed by atoms with Crippen molar-refractivity contribution in [2.75, 3.05) is 0 Å². The van der Waals surface area contributed by atoms with Gasteiger partial charge < -0.3 is 5.11 Å². The lowest BCUT2D eigenvalue weighted by atomic mass is 9.81. The van der Waals surface area contributed by atoms with Crippen molar-refractivity contribution in [1.82, 2.24) is 19.7 Å². The summed E-state index contributed by atoms with van der Waals surface area (Å²) in [6, 6.07) is 5.41. The van der Waals surface area contributed by atoms with E-state index in [-0.39, 0.29) is 12.1 Å². The van der Waals surface area contributed by atoms with Crippen LogP contribution in [0.15, 0.2) is 54.5 Å². The number of halogens is 2. The van der Waals surface area contributed by atoms with Crippen molar-refractivity contribution in [2.24, 2.45) is 5.41 Å². The first-order valence-electron chi connectivity index (χ1n) is 10.0. The van der Waals surface area contributed by atoms with Gasteiger partial charge in [-0.1, -0.05) is 31.2 Å². The molecule has 32 heavy (non-hydrogen) atoms. The zero-order chi connectivity index (χ0) is 22.9. The minimum atomic E-state index is -1.75. The summed E-state index contributed by atoms with van der Waals surface area (Å²) in [6.07, 6.45) is 9.03. The van der Waals surface area contributed by atoms with E-state index in [2.05, 4.69) is 21.1 Å². The lowest BCUT2D eigenvalue weighted by molar-refractivity contribution is -0.0112. The number of rotatable bonds is 6. The van der Waals surface area contributed by atoms with Crippen LogP contribution in [0.5, 0.6) is 0 Å². The number of aliphatic hydroxyl groups is 1. The minimum absolute atomic E-state index is 0.0415. The molecule has 3 aromatic rings. The van der Waals surface area contributed by atoms with E-state index in [0.717, 1.165) is 23.4 Å². The zero-order valence-corrected chi connectivity index (χ0v) is 18.4. The standard InChI is InChI=1S/C23H21F2N5OS/c1-15(21-29-20(10-32-21)16-5-7-22(2,11-26)8-6-16)23(31,12-30-14-27-13-28-30)18-4-3-17(24)9-19(18)25/h3-7,9-10,13-15,31H,8,12H2,1-2H3/t15-,22?,23+/m0/s1. The van der Waals surface area contributed by atoms with Crippen LogP contribution in [0.25, 0.3) is 5.57 Å². The van der Waals surface area contributed by atoms with Crippen LogP contribution in [-0.4, -0.2) is 24.9 Å². The smallest absolute Gasteiger partial charge is 0.137 e. The predicted octanol–water partition coefficient (Wildman–Crippen LogP) is 4.58. The molecule has 1 unspecified atom stereocenters. The average Bonchev–Trinajstić information content (AvgIpc) is 3.46. The van der Waals surface area contributed by atoms with E-state index < -0.39 is 28.6 Å². The van der Waals surface area contributed by atoms with Crippen LogP contribution in [0.1, 0.15) is 42.5 Å². The van der Waals surface area contributed by atoms with Crippen molar-refractivity contribution in [1.29, 1.82) is 5.26 Å². The molecular weight excluding hydrogens is 432 g/mol. The molecule has 2 heterocycles. The number of nitriles is 1. The molecule has 1 aromatic carbocycles. The Kier molecular flexibility index (Phi) is 5.75. The Balaban J connectivity index is 1.69. The number of thiazole rings is 1. The maximum absolute atomic E-state index is 14.7. The van der Waals surface area contributed by atoms with Gasteiger partial charge >= 0.3 is 0 Å². The summed E-state index contributed by atoms with van der Waals surface area (Å²) >= 11 is 1.35. The number of hydrogen-bond donors (Lipinski definition) is 1. The van der Waals surface area contributed by atoms with Crippen LogP contribution in [-0.2, 0) is 12.1 Å². The van der Waals surface area contributed by atoms with E-state index in [4.69, 9.17) is 0 Å². The largest absolute Gasteiger partial charge is 0.382 e. The molecule has 0 aliphatic heterocycles. The summed E-state index contributed by atoms with van der Waals surface area (Å²) in [5, 5.41) is 27.5. The SMILES string of the molecule is C[C@@H](c1nc(C2=CCC(C)(C#N)C=C2)cs1)[C@](O)(Cn1cncn1)c1ccc(F)cc1F. The topological polar surface area (TPSA) is 87.6 Å². The second-order valence-electron chi connectivity index (χ2n) is 8.16. The molecule has 0 spiro atoms. The third-order valence-corrected chi connectivity index (χ3v) is 6.83. The Hall–Kier alpha value is -3.22. The molecule has 1 N–H and O–H groups in total. The van der Waals surface area contributed by atoms with E-state index in [9.17, 15) is 19.1 Å². The number of benzene rings is 1. The quantitative estimate of drug-likeness (QED) is 0.590. The Morgan fingerprint density at radius 2 is 2.22 bits per heavy atom. The molecule has 2 aromatic heterocycles. The van der Waals surface area contributed by atoms with Gasteiger partial charge in [-0.2, -0.15) is 10.4 Å². The lowest BCUT2D eigenvalue weighted by Gasteiger charge is -2.33. The van der Waals surface area contributed by atoms with Crippen molar-refractivity contribution in [3.63, 3.8) is 0 Å². The molecule has 0 radical (unpaired) electrons. The number of aromatic nitrogens is 4. The van der Waals surface area contributed by atoms with Gasteiger partial charge in [-0.05, 0) is 25.0 Å². The molecule has 0 saturated carbocycles. The van der Waals surface area contributed by atoms with Crippen LogP contribution in [0.3, 0.4) is 0 Å². The predicted molar refractivity (Wildman–Crippen MR) is 116 cm³/mol. The van der Waals surface area contributed by atoms with E-state index in [1.165, 1.54) is 34.7 Å². The molecule has 4 rings (SSSR count). The van der Waals surface area contributed by atoms with Crippen molar-refractivity contribution < 1.29 is 13.9 Å². The Labute approximate surface area is 188 Å². The summed E-state index contributed by atoms with van der Waals surface area (Å²) in [5.41, 5.74) is -0.721. The fraction of sp³-hybridized carbons (Fsp3) is 0.304. The number of allylic oxidation sites excluding steroid dienone is 4. The van der Waals surface area contributed by atoms with Gasteiger partial charge in [0.05, 0.1) is 28.7 Å². The summed E-state index contributed by atoms with van der Waals surface area (Å²) in [7, 11) is 0. The molecule has 0 bridgehead atoms. The van der Waals surface area contributed by atoms with Crippen LogP contribution in [0.4, 0.5) is 8.78 Å². The van der Waals surface area contributed by atoms with Gasteiger partial charge in [-0.25, -0.2) is 23.4 Å². The fourth-order valence-corrected chi connectivity index (χ4v) is 4.66. The van der Waals surface area contributed by atoms with E-state index in [1.54, 1.807) is 6.92 Å². The first-order valence-corrected chi connectivity index (χ1v) is 10.9. The molecule has 164 valence electrons. The molecule has 0 amide bonds. The highest BCUT2D eigenvalue weighted by Crippen LogP contribution is 2.41. The van der Waals surface area contributed by atoms with E-state index in [1.807, 2.05) is 30.5 Å². The maximum atomic E-state index is 14.7.